The molecule has 0 unspecified atom stereocenters. The summed E-state index contributed by atoms with van der Waals surface area (Å²) < 4.78 is 5.85. The number of nitrogens with one attached hydrogen (secondary N) is 1. The molecule has 0 aliphatic heterocycles. The fourth-order valence-electron chi connectivity index (χ4n) is 2.72. The Morgan fingerprint density at radius 1 is 1.17 bits per heavy atom. The van der Waals surface area contributed by atoms with E-state index in [0.717, 1.165) is 30.2 Å². The molecule has 1 aliphatic rings. The summed E-state index contributed by atoms with van der Waals surface area (Å²) in [4.78, 5) is 9.23. The molecule has 2 rings (SSSR count). The van der Waals surface area contributed by atoms with E-state index >= 15 is 0 Å². The van der Waals surface area contributed by atoms with E-state index in [9.17, 15) is 0 Å². The van der Waals surface area contributed by atoms with Gasteiger partial charge in [-0.1, -0.05) is 25.7 Å². The number of rotatable bonds is 3. The van der Waals surface area contributed by atoms with Gasteiger partial charge in [0.25, 0.3) is 0 Å². The van der Waals surface area contributed by atoms with Crippen LogP contribution in [-0.4, -0.2) is 24.1 Å². The molecule has 1 aromatic heterocycles. The fourth-order valence-corrected chi connectivity index (χ4v) is 2.72. The third kappa shape index (κ3) is 2.64. The molecule has 0 bridgehead atoms. The van der Waals surface area contributed by atoms with Crippen molar-refractivity contribution >= 4 is 5.82 Å². The monoisotopic (exact) mass is 249 g/mol. The minimum atomic E-state index is -0.284. The molecule has 1 fully saturated rings. The zero-order valence-corrected chi connectivity index (χ0v) is 11.6. The number of methoxy groups -OCH3 is 1. The quantitative estimate of drug-likeness (QED) is 0.836. The molecule has 18 heavy (non-hydrogen) atoms. The van der Waals surface area contributed by atoms with Crippen LogP contribution in [0.25, 0.3) is 0 Å². The van der Waals surface area contributed by atoms with Gasteiger partial charge in [0, 0.05) is 25.9 Å². The summed E-state index contributed by atoms with van der Waals surface area (Å²) in [6.45, 7) is 2.01. The average molecular weight is 249 g/mol. The third-order valence-electron chi connectivity index (χ3n) is 3.82. The highest BCUT2D eigenvalue weighted by molar-refractivity contribution is 5.35. The summed E-state index contributed by atoms with van der Waals surface area (Å²) in [7, 11) is 3.67. The maximum Gasteiger partial charge on any atom is 0.162 e. The summed E-state index contributed by atoms with van der Waals surface area (Å²) in [5, 5.41) is 3.10. The lowest BCUT2D eigenvalue weighted by molar-refractivity contribution is -0.0351. The molecular weight excluding hydrogens is 226 g/mol. The van der Waals surface area contributed by atoms with Crippen LogP contribution in [0.2, 0.25) is 0 Å². The molecule has 0 atom stereocenters. The van der Waals surface area contributed by atoms with Crippen LogP contribution in [0.3, 0.4) is 0 Å². The predicted molar refractivity (Wildman–Crippen MR) is 72.7 cm³/mol. The van der Waals surface area contributed by atoms with Crippen molar-refractivity contribution in [3.63, 3.8) is 0 Å². The molecule has 1 aromatic rings. The SMILES string of the molecule is CNc1cc(C)nc(C2(OC)CCCCCC2)n1. The number of ether oxygens (including phenoxy) is 1. The van der Waals surface area contributed by atoms with E-state index in [2.05, 4.69) is 15.3 Å². The lowest BCUT2D eigenvalue weighted by atomic mass is 9.93. The van der Waals surface area contributed by atoms with E-state index < -0.39 is 0 Å². The van der Waals surface area contributed by atoms with Crippen LogP contribution in [0.5, 0.6) is 0 Å². The van der Waals surface area contributed by atoms with Crippen LogP contribution in [-0.2, 0) is 10.3 Å². The van der Waals surface area contributed by atoms with Gasteiger partial charge < -0.3 is 10.1 Å². The highest BCUT2D eigenvalue weighted by Gasteiger charge is 2.36. The van der Waals surface area contributed by atoms with Crippen molar-refractivity contribution in [3.05, 3.63) is 17.6 Å². The van der Waals surface area contributed by atoms with E-state index in [1.165, 1.54) is 25.7 Å². The Labute approximate surface area is 109 Å². The first-order valence-electron chi connectivity index (χ1n) is 6.79. The number of nitrogens with zero attached hydrogens (tertiary/aromatic N) is 2. The summed E-state index contributed by atoms with van der Waals surface area (Å²) >= 11 is 0. The van der Waals surface area contributed by atoms with Crippen LogP contribution in [0.1, 0.15) is 50.0 Å². The van der Waals surface area contributed by atoms with Crippen LogP contribution >= 0.6 is 0 Å². The molecule has 0 spiro atoms. The first-order valence-corrected chi connectivity index (χ1v) is 6.79. The Bertz CT molecular complexity index is 398. The van der Waals surface area contributed by atoms with E-state index in [4.69, 9.17) is 4.74 Å². The second kappa shape index (κ2) is 5.65. The molecule has 1 saturated carbocycles. The summed E-state index contributed by atoms with van der Waals surface area (Å²) in [6.07, 6.45) is 7.01. The lowest BCUT2D eigenvalue weighted by Crippen LogP contribution is -2.31. The normalized spacial score (nSPS) is 19.3. The van der Waals surface area contributed by atoms with Crippen LogP contribution < -0.4 is 5.32 Å². The summed E-state index contributed by atoms with van der Waals surface area (Å²) in [5.41, 5.74) is 0.707. The minimum Gasteiger partial charge on any atom is -0.373 e. The molecule has 1 aliphatic carbocycles. The molecule has 0 radical (unpaired) electrons. The lowest BCUT2D eigenvalue weighted by Gasteiger charge is -2.30. The minimum absolute atomic E-state index is 0.284. The number of aryl methyl sites for hydroxylation is 1. The van der Waals surface area contributed by atoms with E-state index in [1.54, 1.807) is 7.11 Å². The van der Waals surface area contributed by atoms with Gasteiger partial charge in [-0.25, -0.2) is 9.97 Å². The molecule has 1 heterocycles. The summed E-state index contributed by atoms with van der Waals surface area (Å²) in [5.74, 6) is 1.72. The highest BCUT2D eigenvalue weighted by Crippen LogP contribution is 2.37. The number of hydrogen-bond acceptors (Lipinski definition) is 4. The van der Waals surface area contributed by atoms with E-state index in [-0.39, 0.29) is 5.60 Å². The van der Waals surface area contributed by atoms with Gasteiger partial charge in [-0.05, 0) is 19.8 Å². The van der Waals surface area contributed by atoms with E-state index in [1.807, 2.05) is 20.0 Å². The van der Waals surface area contributed by atoms with Crippen molar-refractivity contribution in [3.8, 4) is 0 Å². The van der Waals surface area contributed by atoms with Crippen LogP contribution in [0.4, 0.5) is 5.82 Å². The van der Waals surface area contributed by atoms with Gasteiger partial charge in [-0.2, -0.15) is 0 Å². The van der Waals surface area contributed by atoms with Crippen LogP contribution in [0, 0.1) is 6.92 Å². The molecule has 0 saturated heterocycles. The largest absolute Gasteiger partial charge is 0.373 e. The van der Waals surface area contributed by atoms with Gasteiger partial charge in [0.1, 0.15) is 11.4 Å². The third-order valence-corrected chi connectivity index (χ3v) is 3.82. The number of anilines is 1. The zero-order chi connectivity index (χ0) is 13.0. The Morgan fingerprint density at radius 2 is 1.83 bits per heavy atom. The molecule has 4 heteroatoms. The maximum atomic E-state index is 5.85. The zero-order valence-electron chi connectivity index (χ0n) is 11.6. The van der Waals surface area contributed by atoms with Crippen molar-refractivity contribution in [2.24, 2.45) is 0 Å². The molecule has 0 aromatic carbocycles. The van der Waals surface area contributed by atoms with Gasteiger partial charge in [-0.3, -0.25) is 0 Å². The van der Waals surface area contributed by atoms with Crippen molar-refractivity contribution in [1.29, 1.82) is 0 Å². The van der Waals surface area contributed by atoms with Gasteiger partial charge in [0.05, 0.1) is 0 Å². The summed E-state index contributed by atoms with van der Waals surface area (Å²) in [6, 6.07) is 1.96. The number of hydrogen-bond donors (Lipinski definition) is 1. The first kappa shape index (κ1) is 13.3. The van der Waals surface area contributed by atoms with Gasteiger partial charge in [0.15, 0.2) is 5.82 Å². The standard InChI is InChI=1S/C14H23N3O/c1-11-10-12(15-2)17-13(16-11)14(18-3)8-6-4-5-7-9-14/h10H,4-9H2,1-3H3,(H,15,16,17). The highest BCUT2D eigenvalue weighted by atomic mass is 16.5. The molecule has 0 amide bonds. The maximum absolute atomic E-state index is 5.85. The van der Waals surface area contributed by atoms with E-state index in [0.29, 0.717) is 0 Å². The van der Waals surface area contributed by atoms with Crippen LogP contribution in [0.15, 0.2) is 6.07 Å². The second-order valence-electron chi connectivity index (χ2n) is 5.08. The Kier molecular flexibility index (Phi) is 4.17. The van der Waals surface area contributed by atoms with Crippen molar-refractivity contribution < 1.29 is 4.74 Å². The second-order valence-corrected chi connectivity index (χ2v) is 5.08. The topological polar surface area (TPSA) is 47.0 Å². The number of aromatic nitrogens is 2. The molecule has 1 N–H and O–H groups in total. The molecule has 100 valence electrons. The van der Waals surface area contributed by atoms with Crippen molar-refractivity contribution in [1.82, 2.24) is 9.97 Å². The Balaban J connectivity index is 2.38. The van der Waals surface area contributed by atoms with Gasteiger partial charge in [0.2, 0.25) is 0 Å². The van der Waals surface area contributed by atoms with Crippen molar-refractivity contribution in [2.75, 3.05) is 19.5 Å². The average Bonchev–Trinajstić information content (AvgIpc) is 2.64. The van der Waals surface area contributed by atoms with Crippen molar-refractivity contribution in [2.45, 2.75) is 51.0 Å². The molecule has 4 nitrogen and oxygen atoms in total. The Hall–Kier alpha value is -1.16. The van der Waals surface area contributed by atoms with Gasteiger partial charge in [-0.15, -0.1) is 0 Å². The Morgan fingerprint density at radius 3 is 2.39 bits per heavy atom. The smallest absolute Gasteiger partial charge is 0.162 e. The molecular formula is C14H23N3O. The fraction of sp³-hybridized carbons (Fsp3) is 0.714. The first-order chi connectivity index (χ1) is 8.70. The van der Waals surface area contributed by atoms with Gasteiger partial charge >= 0.3 is 0 Å². The predicted octanol–water partition coefficient (Wildman–Crippen LogP) is 3.02.